The van der Waals surface area contributed by atoms with Gasteiger partial charge in [0.25, 0.3) is 5.91 Å². The second-order valence-electron chi connectivity index (χ2n) is 8.50. The number of amides is 2. The molecule has 2 N–H and O–H groups in total. The number of piperazine rings is 1. The second kappa shape index (κ2) is 12.2. The molecule has 0 saturated carbocycles. The molecule has 1 saturated heterocycles. The highest BCUT2D eigenvalue weighted by molar-refractivity contribution is 9.10. The Labute approximate surface area is 215 Å². The summed E-state index contributed by atoms with van der Waals surface area (Å²) in [6.07, 6.45) is 0.604. The van der Waals surface area contributed by atoms with Crippen LogP contribution in [0.3, 0.4) is 0 Å². The number of nitrogens with one attached hydrogen (secondary N) is 2. The van der Waals surface area contributed by atoms with Crippen LogP contribution < -0.4 is 20.3 Å². The zero-order chi connectivity index (χ0) is 24.7. The molecule has 0 radical (unpaired) electrons. The largest absolute Gasteiger partial charge is 0.493 e. The van der Waals surface area contributed by atoms with Gasteiger partial charge in [-0.15, -0.1) is 0 Å². The molecule has 2 amide bonds. The van der Waals surface area contributed by atoms with Crippen molar-refractivity contribution in [3.8, 4) is 5.75 Å². The molecule has 1 fully saturated rings. The third-order valence-electron chi connectivity index (χ3n) is 5.43. The number of hydrogen-bond acceptors (Lipinski definition) is 5. The minimum atomic E-state index is -0.303. The zero-order valence-electron chi connectivity index (χ0n) is 19.8. The summed E-state index contributed by atoms with van der Waals surface area (Å²) in [4.78, 5) is 29.0. The van der Waals surface area contributed by atoms with Gasteiger partial charge < -0.3 is 19.9 Å². The van der Waals surface area contributed by atoms with Gasteiger partial charge in [0.05, 0.1) is 11.1 Å². The van der Waals surface area contributed by atoms with Gasteiger partial charge in [-0.1, -0.05) is 13.8 Å². The summed E-state index contributed by atoms with van der Waals surface area (Å²) in [5.74, 6) is 0.998. The Hall–Kier alpha value is -2.65. The average Bonchev–Trinajstić information content (AvgIpc) is 2.80. The van der Waals surface area contributed by atoms with Gasteiger partial charge in [-0.2, -0.15) is 0 Å². The van der Waals surface area contributed by atoms with E-state index in [2.05, 4.69) is 45.3 Å². The van der Waals surface area contributed by atoms with Crippen LogP contribution in [0, 0.1) is 5.92 Å². The molecule has 1 aliphatic heterocycles. The van der Waals surface area contributed by atoms with E-state index in [4.69, 9.17) is 17.0 Å². The van der Waals surface area contributed by atoms with Crippen LogP contribution in [0.2, 0.25) is 0 Å². The van der Waals surface area contributed by atoms with E-state index in [1.54, 1.807) is 18.2 Å². The average molecular weight is 548 g/mol. The Kier molecular flexibility index (Phi) is 9.29. The highest BCUT2D eigenvalue weighted by Crippen LogP contribution is 2.26. The molecule has 0 spiro atoms. The Morgan fingerprint density at radius 2 is 1.76 bits per heavy atom. The first-order chi connectivity index (χ1) is 16.3. The Bertz CT molecular complexity index is 1020. The maximum Gasteiger partial charge on any atom is 0.257 e. The quantitative estimate of drug-likeness (QED) is 0.491. The minimum absolute atomic E-state index is 0.222. The number of ether oxygens (including phenoxy) is 1. The molecule has 2 aromatic carbocycles. The number of hydrogen-bond donors (Lipinski definition) is 2. The van der Waals surface area contributed by atoms with Crippen molar-refractivity contribution in [1.82, 2.24) is 10.2 Å². The molecular weight excluding hydrogens is 516 g/mol. The van der Waals surface area contributed by atoms with Gasteiger partial charge in [-0.3, -0.25) is 14.9 Å². The molecule has 182 valence electrons. The summed E-state index contributed by atoms with van der Waals surface area (Å²) < 4.78 is 6.19. The van der Waals surface area contributed by atoms with Crippen molar-refractivity contribution in [3.63, 3.8) is 0 Å². The topological polar surface area (TPSA) is 73.9 Å². The van der Waals surface area contributed by atoms with Crippen LogP contribution in [0.25, 0.3) is 0 Å². The molecule has 2 aromatic rings. The van der Waals surface area contributed by atoms with Gasteiger partial charge in [-0.25, -0.2) is 0 Å². The lowest BCUT2D eigenvalue weighted by Crippen LogP contribution is -2.49. The van der Waals surface area contributed by atoms with Crippen LogP contribution in [-0.4, -0.2) is 54.6 Å². The summed E-state index contributed by atoms with van der Waals surface area (Å²) in [6.45, 7) is 9.68. The summed E-state index contributed by atoms with van der Waals surface area (Å²) in [5, 5.41) is 5.98. The normalized spacial score (nSPS) is 13.6. The number of carbonyl (C=O) groups excluding carboxylic acids is 2. The molecule has 1 aliphatic rings. The number of nitrogens with zero attached hydrogens (tertiary/aromatic N) is 2. The number of rotatable bonds is 7. The maximum absolute atomic E-state index is 12.5. The highest BCUT2D eigenvalue weighted by atomic mass is 79.9. The molecule has 0 bridgehead atoms. The fourth-order valence-corrected chi connectivity index (χ4v) is 4.40. The van der Waals surface area contributed by atoms with Crippen molar-refractivity contribution in [3.05, 3.63) is 52.5 Å². The summed E-state index contributed by atoms with van der Waals surface area (Å²) in [7, 11) is 0. The number of anilines is 2. The van der Waals surface area contributed by atoms with Crippen molar-refractivity contribution in [2.75, 3.05) is 43.0 Å². The Balaban J connectivity index is 1.50. The monoisotopic (exact) mass is 546 g/mol. The predicted octanol–water partition coefficient (Wildman–Crippen LogP) is 4.67. The van der Waals surface area contributed by atoms with E-state index in [0.717, 1.165) is 37.6 Å². The van der Waals surface area contributed by atoms with E-state index < -0.39 is 0 Å². The summed E-state index contributed by atoms with van der Waals surface area (Å²) >= 11 is 8.73. The maximum atomic E-state index is 12.5. The van der Waals surface area contributed by atoms with E-state index >= 15 is 0 Å². The summed E-state index contributed by atoms with van der Waals surface area (Å²) in [6, 6.07) is 13.0. The molecule has 34 heavy (non-hydrogen) atoms. The molecule has 0 atom stereocenters. The van der Waals surface area contributed by atoms with Gasteiger partial charge in [0, 0.05) is 49.5 Å². The number of carbonyl (C=O) groups is 2. The SMILES string of the molecule is CCOc1ccc(C(=O)NC(=S)Nc2ccc(N3CCN(C(=O)CC(C)C)CC3)cc2)cc1Br. The van der Waals surface area contributed by atoms with E-state index in [-0.39, 0.29) is 16.9 Å². The molecular formula is C25H31BrN4O3S. The Morgan fingerprint density at radius 1 is 1.09 bits per heavy atom. The predicted molar refractivity (Wildman–Crippen MR) is 144 cm³/mol. The standard InChI is InChI=1S/C25H31BrN4O3S/c1-4-33-22-10-5-18(16-21(22)26)24(32)28-25(34)27-19-6-8-20(9-7-19)29-11-13-30(14-12-29)23(31)15-17(2)3/h5-10,16-17H,4,11-15H2,1-3H3,(H2,27,28,32,34). The highest BCUT2D eigenvalue weighted by Gasteiger charge is 2.21. The summed E-state index contributed by atoms with van der Waals surface area (Å²) in [5.41, 5.74) is 2.35. The lowest BCUT2D eigenvalue weighted by molar-refractivity contribution is -0.132. The smallest absolute Gasteiger partial charge is 0.257 e. The fourth-order valence-electron chi connectivity index (χ4n) is 3.70. The molecule has 3 rings (SSSR count). The third-order valence-corrected chi connectivity index (χ3v) is 6.25. The first-order valence-corrected chi connectivity index (χ1v) is 12.6. The van der Waals surface area contributed by atoms with Crippen LogP contribution in [0.5, 0.6) is 5.75 Å². The number of halogens is 1. The molecule has 9 heteroatoms. The van der Waals surface area contributed by atoms with Crippen LogP contribution in [0.4, 0.5) is 11.4 Å². The van der Waals surface area contributed by atoms with Crippen molar-refractivity contribution >= 4 is 56.4 Å². The van der Waals surface area contributed by atoms with Crippen LogP contribution in [0.1, 0.15) is 37.6 Å². The molecule has 0 aromatic heterocycles. The van der Waals surface area contributed by atoms with Gasteiger partial charge >= 0.3 is 0 Å². The zero-order valence-corrected chi connectivity index (χ0v) is 22.2. The Morgan fingerprint density at radius 3 is 2.35 bits per heavy atom. The first-order valence-electron chi connectivity index (χ1n) is 11.4. The lowest BCUT2D eigenvalue weighted by atomic mass is 10.1. The molecule has 0 aliphatic carbocycles. The van der Waals surface area contributed by atoms with Crippen LogP contribution in [0.15, 0.2) is 46.9 Å². The van der Waals surface area contributed by atoms with E-state index in [0.29, 0.717) is 34.7 Å². The second-order valence-corrected chi connectivity index (χ2v) is 9.76. The van der Waals surface area contributed by atoms with E-state index in [1.165, 1.54) is 0 Å². The van der Waals surface area contributed by atoms with Gasteiger partial charge in [0.1, 0.15) is 5.75 Å². The third kappa shape index (κ3) is 7.17. The van der Waals surface area contributed by atoms with Crippen molar-refractivity contribution in [2.45, 2.75) is 27.2 Å². The van der Waals surface area contributed by atoms with Crippen LogP contribution >= 0.6 is 28.1 Å². The number of benzene rings is 2. The van der Waals surface area contributed by atoms with E-state index in [9.17, 15) is 9.59 Å². The van der Waals surface area contributed by atoms with Crippen molar-refractivity contribution in [1.29, 1.82) is 0 Å². The van der Waals surface area contributed by atoms with Crippen LogP contribution in [-0.2, 0) is 4.79 Å². The molecule has 0 unspecified atom stereocenters. The minimum Gasteiger partial charge on any atom is -0.493 e. The van der Waals surface area contributed by atoms with Gasteiger partial charge in [-0.05, 0) is 83.5 Å². The molecule has 1 heterocycles. The lowest BCUT2D eigenvalue weighted by Gasteiger charge is -2.36. The fraction of sp³-hybridized carbons (Fsp3) is 0.400. The van der Waals surface area contributed by atoms with Gasteiger partial charge in [0.15, 0.2) is 5.11 Å². The van der Waals surface area contributed by atoms with E-state index in [1.807, 2.05) is 36.1 Å². The number of thiocarbonyl (C=S) groups is 1. The first kappa shape index (κ1) is 26.0. The van der Waals surface area contributed by atoms with Gasteiger partial charge in [0.2, 0.25) is 5.91 Å². The van der Waals surface area contributed by atoms with Crippen molar-refractivity contribution < 1.29 is 14.3 Å². The van der Waals surface area contributed by atoms with Crippen molar-refractivity contribution in [2.24, 2.45) is 5.92 Å². The molecule has 7 nitrogen and oxygen atoms in total.